The molecule has 1 atom stereocenters. The molecule has 0 bridgehead atoms. The molecule has 0 aromatic carbocycles. The number of aromatic nitrogens is 2. The monoisotopic (exact) mass is 280 g/mol. The number of anilines is 1. The fourth-order valence-corrected chi connectivity index (χ4v) is 1.69. The number of amides is 1. The first-order valence-electron chi connectivity index (χ1n) is 7.07. The summed E-state index contributed by atoms with van der Waals surface area (Å²) in [7, 11) is 0. The van der Waals surface area contributed by atoms with Crippen LogP contribution in [-0.4, -0.2) is 40.2 Å². The van der Waals surface area contributed by atoms with Gasteiger partial charge in [0.2, 0.25) is 5.91 Å². The number of rotatable bonds is 8. The molecule has 1 aromatic heterocycles. The summed E-state index contributed by atoms with van der Waals surface area (Å²) in [6, 6.07) is 1.88. The first kappa shape index (κ1) is 16.4. The van der Waals surface area contributed by atoms with Crippen LogP contribution < -0.4 is 10.6 Å². The van der Waals surface area contributed by atoms with Gasteiger partial charge in [-0.05, 0) is 20.3 Å². The van der Waals surface area contributed by atoms with Crippen LogP contribution in [-0.2, 0) is 11.2 Å². The maximum Gasteiger partial charge on any atom is 0.248 e. The van der Waals surface area contributed by atoms with Gasteiger partial charge in [0.05, 0.1) is 0 Å². The predicted octanol–water partition coefficient (Wildman–Crippen LogP) is 1.04. The van der Waals surface area contributed by atoms with Crippen molar-refractivity contribution in [2.75, 3.05) is 18.4 Å². The fourth-order valence-electron chi connectivity index (χ4n) is 1.69. The third-order valence-corrected chi connectivity index (χ3v) is 2.76. The molecule has 1 unspecified atom stereocenters. The normalized spacial score (nSPS) is 12.0. The molecule has 1 amide bonds. The van der Waals surface area contributed by atoms with Crippen LogP contribution in [0.4, 0.5) is 5.82 Å². The minimum Gasteiger partial charge on any atom is -0.384 e. The summed E-state index contributed by atoms with van der Waals surface area (Å²) >= 11 is 0. The van der Waals surface area contributed by atoms with Gasteiger partial charge in [-0.3, -0.25) is 4.79 Å². The van der Waals surface area contributed by atoms with Crippen LogP contribution in [0.3, 0.4) is 0 Å². The molecule has 20 heavy (non-hydrogen) atoms. The van der Waals surface area contributed by atoms with Gasteiger partial charge in [-0.1, -0.05) is 13.3 Å². The van der Waals surface area contributed by atoms with Crippen LogP contribution in [0.15, 0.2) is 6.07 Å². The van der Waals surface area contributed by atoms with Gasteiger partial charge >= 0.3 is 0 Å². The van der Waals surface area contributed by atoms with Crippen molar-refractivity contribution in [3.63, 3.8) is 0 Å². The average Bonchev–Trinajstić information content (AvgIpc) is 2.40. The zero-order valence-corrected chi connectivity index (χ0v) is 12.4. The molecule has 112 valence electrons. The molecule has 0 saturated heterocycles. The molecule has 6 heteroatoms. The lowest BCUT2D eigenvalue weighted by molar-refractivity contribution is -0.128. The van der Waals surface area contributed by atoms with E-state index >= 15 is 0 Å². The van der Waals surface area contributed by atoms with Gasteiger partial charge in [-0.25, -0.2) is 9.97 Å². The molecular formula is C14H24N4O2. The van der Waals surface area contributed by atoms with E-state index in [0.717, 1.165) is 36.6 Å². The maximum absolute atomic E-state index is 11.2. The molecule has 0 spiro atoms. The van der Waals surface area contributed by atoms with Gasteiger partial charge in [0.1, 0.15) is 17.7 Å². The number of unbranched alkanes of at least 4 members (excludes halogenated alkanes) is 1. The molecule has 1 rings (SSSR count). The lowest BCUT2D eigenvalue weighted by Gasteiger charge is -2.10. The maximum atomic E-state index is 11.2. The Labute approximate surface area is 120 Å². The van der Waals surface area contributed by atoms with E-state index in [4.69, 9.17) is 5.11 Å². The van der Waals surface area contributed by atoms with Crippen molar-refractivity contribution in [3.05, 3.63) is 17.6 Å². The van der Waals surface area contributed by atoms with Gasteiger partial charge < -0.3 is 15.7 Å². The van der Waals surface area contributed by atoms with Crippen LogP contribution in [0.2, 0.25) is 0 Å². The second-order valence-corrected chi connectivity index (χ2v) is 4.81. The highest BCUT2D eigenvalue weighted by Crippen LogP contribution is 2.08. The van der Waals surface area contributed by atoms with Crippen molar-refractivity contribution in [2.45, 2.75) is 46.1 Å². The quantitative estimate of drug-likeness (QED) is 0.619. The van der Waals surface area contributed by atoms with E-state index in [2.05, 4.69) is 27.5 Å². The van der Waals surface area contributed by atoms with E-state index in [9.17, 15) is 4.79 Å². The first-order chi connectivity index (χ1) is 9.52. The first-order valence-corrected chi connectivity index (χ1v) is 7.07. The summed E-state index contributed by atoms with van der Waals surface area (Å²) in [6.45, 7) is 6.52. The number of hydrogen-bond acceptors (Lipinski definition) is 5. The van der Waals surface area contributed by atoms with E-state index in [0.29, 0.717) is 13.1 Å². The van der Waals surface area contributed by atoms with E-state index in [-0.39, 0.29) is 5.91 Å². The Kier molecular flexibility index (Phi) is 6.93. The Morgan fingerprint density at radius 1 is 1.40 bits per heavy atom. The third kappa shape index (κ3) is 5.97. The summed E-state index contributed by atoms with van der Waals surface area (Å²) in [5, 5.41) is 14.8. The Morgan fingerprint density at radius 2 is 2.15 bits per heavy atom. The Bertz CT molecular complexity index is 435. The number of hydrogen-bond donors (Lipinski definition) is 3. The minimum absolute atomic E-state index is 0.366. The summed E-state index contributed by atoms with van der Waals surface area (Å²) in [5.41, 5.74) is 0.932. The highest BCUT2D eigenvalue weighted by Gasteiger charge is 2.07. The van der Waals surface area contributed by atoms with Crippen molar-refractivity contribution in [2.24, 2.45) is 0 Å². The molecular weight excluding hydrogens is 256 g/mol. The van der Waals surface area contributed by atoms with Gasteiger partial charge in [0, 0.05) is 31.3 Å². The average molecular weight is 280 g/mol. The highest BCUT2D eigenvalue weighted by molar-refractivity contribution is 5.79. The van der Waals surface area contributed by atoms with E-state index in [1.54, 1.807) is 0 Å². The molecule has 0 fully saturated rings. The number of aryl methyl sites for hydroxylation is 2. The number of aliphatic hydroxyl groups is 1. The third-order valence-electron chi connectivity index (χ3n) is 2.76. The van der Waals surface area contributed by atoms with Crippen LogP contribution in [0.1, 0.15) is 38.2 Å². The van der Waals surface area contributed by atoms with Crippen molar-refractivity contribution in [3.8, 4) is 0 Å². The van der Waals surface area contributed by atoms with Crippen LogP contribution in [0, 0.1) is 6.92 Å². The largest absolute Gasteiger partial charge is 0.384 e. The number of carbonyl (C=O) groups is 1. The summed E-state index contributed by atoms with van der Waals surface area (Å²) in [6.07, 6.45) is 2.10. The smallest absolute Gasteiger partial charge is 0.248 e. The van der Waals surface area contributed by atoms with E-state index in [1.807, 2.05) is 13.0 Å². The Balaban J connectivity index is 2.43. The fraction of sp³-hybridized carbons (Fsp3) is 0.643. The SMILES string of the molecule is CCCCc1nc(C)cc(NCCNC(=O)C(C)O)n1. The molecule has 1 heterocycles. The van der Waals surface area contributed by atoms with Crippen LogP contribution in [0.25, 0.3) is 0 Å². The Hall–Kier alpha value is -1.69. The number of aliphatic hydroxyl groups excluding tert-OH is 1. The number of carbonyl (C=O) groups excluding carboxylic acids is 1. The van der Waals surface area contributed by atoms with E-state index in [1.165, 1.54) is 6.92 Å². The summed E-state index contributed by atoms with van der Waals surface area (Å²) in [5.74, 6) is 1.26. The second kappa shape index (κ2) is 8.47. The standard InChI is InChI=1S/C14H24N4O2/c1-4-5-6-12-17-10(2)9-13(18-12)15-7-8-16-14(20)11(3)19/h9,11,19H,4-8H2,1-3H3,(H,16,20)(H,15,17,18). The summed E-state index contributed by atoms with van der Waals surface area (Å²) in [4.78, 5) is 20.0. The zero-order chi connectivity index (χ0) is 15.0. The van der Waals surface area contributed by atoms with Gasteiger partial charge in [-0.2, -0.15) is 0 Å². The molecule has 3 N–H and O–H groups in total. The van der Waals surface area contributed by atoms with Crippen molar-refractivity contribution in [1.29, 1.82) is 0 Å². The van der Waals surface area contributed by atoms with Crippen LogP contribution >= 0.6 is 0 Å². The minimum atomic E-state index is -0.975. The second-order valence-electron chi connectivity index (χ2n) is 4.81. The Morgan fingerprint density at radius 3 is 2.80 bits per heavy atom. The van der Waals surface area contributed by atoms with Crippen molar-refractivity contribution < 1.29 is 9.90 Å². The molecule has 0 saturated carbocycles. The van der Waals surface area contributed by atoms with Crippen molar-refractivity contribution in [1.82, 2.24) is 15.3 Å². The highest BCUT2D eigenvalue weighted by atomic mass is 16.3. The lowest BCUT2D eigenvalue weighted by atomic mass is 10.2. The zero-order valence-electron chi connectivity index (χ0n) is 12.4. The number of nitrogens with zero attached hydrogens (tertiary/aromatic N) is 2. The molecule has 0 aliphatic rings. The topological polar surface area (TPSA) is 87.1 Å². The molecule has 0 radical (unpaired) electrons. The van der Waals surface area contributed by atoms with Crippen molar-refractivity contribution >= 4 is 11.7 Å². The van der Waals surface area contributed by atoms with Gasteiger partial charge in [0.15, 0.2) is 0 Å². The lowest BCUT2D eigenvalue weighted by Crippen LogP contribution is -2.35. The molecule has 0 aliphatic carbocycles. The van der Waals surface area contributed by atoms with E-state index < -0.39 is 6.10 Å². The molecule has 6 nitrogen and oxygen atoms in total. The molecule has 1 aromatic rings. The van der Waals surface area contributed by atoms with Gasteiger partial charge in [0.25, 0.3) is 0 Å². The molecule has 0 aliphatic heterocycles. The number of nitrogens with one attached hydrogen (secondary N) is 2. The predicted molar refractivity (Wildman–Crippen MR) is 78.6 cm³/mol. The summed E-state index contributed by atoms with van der Waals surface area (Å²) < 4.78 is 0. The van der Waals surface area contributed by atoms with Crippen LogP contribution in [0.5, 0.6) is 0 Å². The van der Waals surface area contributed by atoms with Gasteiger partial charge in [-0.15, -0.1) is 0 Å².